The molecular formula is C17H23BrN4S. The van der Waals surface area contributed by atoms with Crippen LogP contribution in [0.1, 0.15) is 28.8 Å². The van der Waals surface area contributed by atoms with Gasteiger partial charge in [-0.05, 0) is 44.4 Å². The number of nitrogens with one attached hydrogen (secondary N) is 2. The summed E-state index contributed by atoms with van der Waals surface area (Å²) >= 11 is 5.21. The van der Waals surface area contributed by atoms with Crippen LogP contribution in [0.25, 0.3) is 0 Å². The van der Waals surface area contributed by atoms with Crippen LogP contribution in [0.15, 0.2) is 39.9 Å². The first-order chi connectivity index (χ1) is 11.2. The molecule has 1 heterocycles. The number of thiazole rings is 1. The molecule has 0 aliphatic carbocycles. The maximum atomic E-state index is 4.59. The molecule has 0 spiro atoms. The first-order valence-electron chi connectivity index (χ1n) is 7.85. The molecule has 0 bridgehead atoms. The molecule has 0 unspecified atom stereocenters. The summed E-state index contributed by atoms with van der Waals surface area (Å²) < 4.78 is 1.14. The second-order valence-electron chi connectivity index (χ2n) is 5.22. The topological polar surface area (TPSA) is 49.3 Å². The Labute approximate surface area is 150 Å². The Balaban J connectivity index is 1.77. The Hall–Kier alpha value is -1.40. The Morgan fingerprint density at radius 1 is 1.35 bits per heavy atom. The van der Waals surface area contributed by atoms with Crippen molar-refractivity contribution in [1.82, 2.24) is 15.6 Å². The lowest BCUT2D eigenvalue weighted by Gasteiger charge is -2.11. The molecule has 1 aromatic carbocycles. The molecule has 0 fully saturated rings. The number of hydrogen-bond acceptors (Lipinski definition) is 3. The van der Waals surface area contributed by atoms with Gasteiger partial charge in [-0.3, -0.25) is 0 Å². The monoisotopic (exact) mass is 394 g/mol. The van der Waals surface area contributed by atoms with E-state index in [4.69, 9.17) is 0 Å². The van der Waals surface area contributed by atoms with Crippen molar-refractivity contribution in [1.29, 1.82) is 0 Å². The second kappa shape index (κ2) is 9.67. The fraction of sp³-hybridized carbons (Fsp3) is 0.412. The molecule has 2 aromatic rings. The van der Waals surface area contributed by atoms with Gasteiger partial charge in [0.05, 0.1) is 6.54 Å². The fourth-order valence-corrected chi connectivity index (χ4v) is 3.31. The summed E-state index contributed by atoms with van der Waals surface area (Å²) in [5.74, 6) is 0.856. The number of aryl methyl sites for hydroxylation is 2. The molecule has 0 aliphatic rings. The normalized spacial score (nSPS) is 11.5. The van der Waals surface area contributed by atoms with Gasteiger partial charge in [0.1, 0.15) is 5.01 Å². The van der Waals surface area contributed by atoms with Gasteiger partial charge in [0.25, 0.3) is 0 Å². The average molecular weight is 395 g/mol. The predicted octanol–water partition coefficient (Wildman–Crippen LogP) is 3.90. The molecule has 0 amide bonds. The van der Waals surface area contributed by atoms with Crippen LogP contribution in [0.4, 0.5) is 0 Å². The van der Waals surface area contributed by atoms with Crippen molar-refractivity contribution >= 4 is 33.2 Å². The van der Waals surface area contributed by atoms with Crippen molar-refractivity contribution in [2.24, 2.45) is 4.99 Å². The van der Waals surface area contributed by atoms with E-state index < -0.39 is 0 Å². The summed E-state index contributed by atoms with van der Waals surface area (Å²) in [5.41, 5.74) is 1.35. The van der Waals surface area contributed by atoms with E-state index in [0.29, 0.717) is 6.54 Å². The van der Waals surface area contributed by atoms with Gasteiger partial charge in [-0.1, -0.05) is 28.1 Å². The van der Waals surface area contributed by atoms with E-state index in [9.17, 15) is 0 Å². The largest absolute Gasteiger partial charge is 0.357 e. The van der Waals surface area contributed by atoms with Crippen LogP contribution >= 0.6 is 27.3 Å². The van der Waals surface area contributed by atoms with E-state index in [1.807, 2.05) is 6.20 Å². The lowest BCUT2D eigenvalue weighted by atomic mass is 10.1. The first kappa shape index (κ1) is 17.9. The van der Waals surface area contributed by atoms with Crippen LogP contribution in [0.2, 0.25) is 0 Å². The molecule has 2 rings (SSSR count). The molecular weight excluding hydrogens is 372 g/mol. The maximum absolute atomic E-state index is 4.59. The molecule has 0 saturated carbocycles. The third kappa shape index (κ3) is 6.71. The van der Waals surface area contributed by atoms with Gasteiger partial charge in [-0.25, -0.2) is 9.98 Å². The molecule has 23 heavy (non-hydrogen) atoms. The van der Waals surface area contributed by atoms with Crippen molar-refractivity contribution in [3.05, 3.63) is 50.4 Å². The number of aliphatic imine (C=N–C) groups is 1. The predicted molar refractivity (Wildman–Crippen MR) is 102 cm³/mol. The number of benzene rings is 1. The number of rotatable bonds is 7. The Morgan fingerprint density at radius 3 is 2.91 bits per heavy atom. The zero-order valence-electron chi connectivity index (χ0n) is 13.6. The number of aromatic nitrogens is 1. The minimum absolute atomic E-state index is 0.624. The Morgan fingerprint density at radius 2 is 2.22 bits per heavy atom. The van der Waals surface area contributed by atoms with E-state index in [2.05, 4.69) is 74.7 Å². The lowest BCUT2D eigenvalue weighted by Crippen LogP contribution is -2.37. The molecule has 2 N–H and O–H groups in total. The summed E-state index contributed by atoms with van der Waals surface area (Å²) in [7, 11) is 0. The van der Waals surface area contributed by atoms with E-state index in [1.54, 1.807) is 11.3 Å². The SMILES string of the molecule is CCNC(=NCc1ncc(C)s1)NCCCc1cccc(Br)c1. The Kier molecular flexibility index (Phi) is 7.55. The number of nitrogens with zero attached hydrogens (tertiary/aromatic N) is 2. The minimum Gasteiger partial charge on any atom is -0.357 e. The van der Waals surface area contributed by atoms with Gasteiger partial charge in [0, 0.05) is 28.6 Å². The third-order valence-corrected chi connectivity index (χ3v) is 4.60. The highest BCUT2D eigenvalue weighted by molar-refractivity contribution is 9.10. The molecule has 4 nitrogen and oxygen atoms in total. The summed E-state index contributed by atoms with van der Waals surface area (Å²) in [6.45, 7) is 6.52. The Bertz CT molecular complexity index is 639. The van der Waals surface area contributed by atoms with Crippen molar-refractivity contribution in [2.75, 3.05) is 13.1 Å². The number of guanidine groups is 1. The van der Waals surface area contributed by atoms with Crippen LogP contribution < -0.4 is 10.6 Å². The third-order valence-electron chi connectivity index (χ3n) is 3.21. The van der Waals surface area contributed by atoms with Crippen LogP contribution in [0.3, 0.4) is 0 Å². The highest BCUT2D eigenvalue weighted by Gasteiger charge is 2.01. The molecule has 124 valence electrons. The highest BCUT2D eigenvalue weighted by Crippen LogP contribution is 2.13. The smallest absolute Gasteiger partial charge is 0.191 e. The van der Waals surface area contributed by atoms with Crippen LogP contribution in [-0.2, 0) is 13.0 Å². The summed E-state index contributed by atoms with van der Waals surface area (Å²) in [6, 6.07) is 8.46. The maximum Gasteiger partial charge on any atom is 0.191 e. The van der Waals surface area contributed by atoms with Crippen molar-refractivity contribution < 1.29 is 0 Å². The van der Waals surface area contributed by atoms with Crippen molar-refractivity contribution in [3.8, 4) is 0 Å². The zero-order chi connectivity index (χ0) is 16.5. The summed E-state index contributed by atoms with van der Waals surface area (Å²) in [4.78, 5) is 10.2. The van der Waals surface area contributed by atoms with Gasteiger partial charge in [-0.2, -0.15) is 0 Å². The van der Waals surface area contributed by atoms with Crippen LogP contribution in [-0.4, -0.2) is 24.0 Å². The quantitative estimate of drug-likeness (QED) is 0.425. The summed E-state index contributed by atoms with van der Waals surface area (Å²) in [5, 5.41) is 7.71. The standard InChI is InChI=1S/C17H23BrN4S/c1-3-19-17(22-12-16-21-11-13(2)23-16)20-9-5-7-14-6-4-8-15(18)10-14/h4,6,8,10-11H,3,5,7,9,12H2,1-2H3,(H2,19,20,22). The van der Waals surface area contributed by atoms with E-state index >= 15 is 0 Å². The molecule has 0 radical (unpaired) electrons. The second-order valence-corrected chi connectivity index (χ2v) is 7.46. The molecule has 0 atom stereocenters. The molecule has 1 aromatic heterocycles. The minimum atomic E-state index is 0.624. The lowest BCUT2D eigenvalue weighted by molar-refractivity contribution is 0.743. The number of hydrogen-bond donors (Lipinski definition) is 2. The van der Waals surface area contributed by atoms with Crippen molar-refractivity contribution in [3.63, 3.8) is 0 Å². The van der Waals surface area contributed by atoms with Gasteiger partial charge < -0.3 is 10.6 Å². The van der Waals surface area contributed by atoms with Gasteiger partial charge in [-0.15, -0.1) is 11.3 Å². The zero-order valence-corrected chi connectivity index (χ0v) is 16.0. The molecule has 0 saturated heterocycles. The number of halogens is 1. The highest BCUT2D eigenvalue weighted by atomic mass is 79.9. The average Bonchev–Trinajstić information content (AvgIpc) is 2.94. The van der Waals surface area contributed by atoms with Gasteiger partial charge in [0.15, 0.2) is 5.96 Å². The van der Waals surface area contributed by atoms with Gasteiger partial charge >= 0.3 is 0 Å². The summed E-state index contributed by atoms with van der Waals surface area (Å²) in [6.07, 6.45) is 4.02. The molecule has 0 aliphatic heterocycles. The van der Waals surface area contributed by atoms with E-state index in [-0.39, 0.29) is 0 Å². The first-order valence-corrected chi connectivity index (χ1v) is 9.46. The van der Waals surface area contributed by atoms with Crippen molar-refractivity contribution in [2.45, 2.75) is 33.2 Å². The van der Waals surface area contributed by atoms with E-state index in [1.165, 1.54) is 10.4 Å². The van der Waals surface area contributed by atoms with E-state index in [0.717, 1.165) is 41.4 Å². The van der Waals surface area contributed by atoms with Gasteiger partial charge in [0.2, 0.25) is 0 Å². The fourth-order valence-electron chi connectivity index (χ4n) is 2.15. The van der Waals surface area contributed by atoms with Crippen LogP contribution in [0, 0.1) is 6.92 Å². The molecule has 6 heteroatoms. The van der Waals surface area contributed by atoms with Crippen LogP contribution in [0.5, 0.6) is 0 Å².